The summed E-state index contributed by atoms with van der Waals surface area (Å²) >= 11 is 0. The van der Waals surface area contributed by atoms with Crippen LogP contribution in [-0.4, -0.2) is 48.0 Å². The molecule has 5 heteroatoms. The van der Waals surface area contributed by atoms with Crippen LogP contribution in [0.15, 0.2) is 24.3 Å². The lowest BCUT2D eigenvalue weighted by Gasteiger charge is -2.21. The Morgan fingerprint density at radius 1 is 0.875 bits per heavy atom. The minimum absolute atomic E-state index is 0.0410. The second-order valence-electron chi connectivity index (χ2n) is 6.12. The van der Waals surface area contributed by atoms with Crippen LogP contribution in [0, 0.1) is 11.8 Å². The summed E-state index contributed by atoms with van der Waals surface area (Å²) in [6, 6.07) is 6.73. The van der Waals surface area contributed by atoms with E-state index in [2.05, 4.69) is 16.7 Å². The zero-order valence-electron chi connectivity index (χ0n) is 13.8. The molecule has 3 rings (SSSR count). The van der Waals surface area contributed by atoms with Crippen molar-refractivity contribution in [3.05, 3.63) is 35.4 Å². The largest absolute Gasteiger partial charge is 0.292 e. The maximum absolute atomic E-state index is 12.1. The summed E-state index contributed by atoms with van der Waals surface area (Å²) in [4.78, 5) is 31.9. The number of carbonyl (C=O) groups excluding carboxylic acids is 2. The van der Waals surface area contributed by atoms with Crippen LogP contribution in [0.2, 0.25) is 0 Å². The number of imide groups is 1. The van der Waals surface area contributed by atoms with Crippen molar-refractivity contribution in [2.24, 2.45) is 0 Å². The molecule has 1 saturated heterocycles. The molecule has 5 nitrogen and oxygen atoms in total. The van der Waals surface area contributed by atoms with E-state index in [0.717, 1.165) is 18.2 Å². The first-order valence-corrected chi connectivity index (χ1v) is 8.56. The van der Waals surface area contributed by atoms with Crippen molar-refractivity contribution in [3.8, 4) is 11.8 Å². The zero-order valence-corrected chi connectivity index (χ0v) is 13.8. The van der Waals surface area contributed by atoms with Gasteiger partial charge in [0.2, 0.25) is 0 Å². The molecule has 1 fully saturated rings. The van der Waals surface area contributed by atoms with Crippen LogP contribution in [0.3, 0.4) is 0 Å². The van der Waals surface area contributed by atoms with E-state index in [4.69, 9.17) is 4.84 Å². The van der Waals surface area contributed by atoms with E-state index >= 15 is 0 Å². The highest BCUT2D eigenvalue weighted by Gasteiger charge is 2.36. The fraction of sp³-hybridized carbons (Fsp3) is 0.474. The summed E-state index contributed by atoms with van der Waals surface area (Å²) in [7, 11) is 0. The standard InChI is InChI=1S/C19H22N2O3/c22-18-16-10-4-5-11-17(16)19(23)21(18)24-15-9-8-14-20-12-6-2-1-3-7-13-20/h4-5,10-11H,1-3,6-7,12-15H2. The van der Waals surface area contributed by atoms with Crippen LogP contribution in [-0.2, 0) is 4.84 Å². The van der Waals surface area contributed by atoms with Crippen molar-refractivity contribution < 1.29 is 14.4 Å². The van der Waals surface area contributed by atoms with E-state index in [-0.39, 0.29) is 6.61 Å². The van der Waals surface area contributed by atoms with Gasteiger partial charge < -0.3 is 0 Å². The fourth-order valence-corrected chi connectivity index (χ4v) is 3.07. The van der Waals surface area contributed by atoms with Gasteiger partial charge in [-0.1, -0.05) is 43.2 Å². The minimum Gasteiger partial charge on any atom is -0.292 e. The van der Waals surface area contributed by atoms with Gasteiger partial charge in [-0.3, -0.25) is 14.5 Å². The highest BCUT2D eigenvalue weighted by Crippen LogP contribution is 2.22. The molecule has 0 radical (unpaired) electrons. The summed E-state index contributed by atoms with van der Waals surface area (Å²) in [5.41, 5.74) is 0.771. The molecule has 24 heavy (non-hydrogen) atoms. The number of carbonyl (C=O) groups is 2. The van der Waals surface area contributed by atoms with Crippen molar-refractivity contribution in [1.82, 2.24) is 9.96 Å². The number of hydrogen-bond acceptors (Lipinski definition) is 4. The lowest BCUT2D eigenvalue weighted by atomic mass is 10.1. The molecule has 2 aliphatic heterocycles. The minimum atomic E-state index is -0.416. The molecule has 1 aromatic rings. The molecule has 0 N–H and O–H groups in total. The van der Waals surface area contributed by atoms with E-state index in [9.17, 15) is 9.59 Å². The van der Waals surface area contributed by atoms with Gasteiger partial charge in [0.05, 0.1) is 17.7 Å². The first kappa shape index (κ1) is 16.7. The highest BCUT2D eigenvalue weighted by atomic mass is 16.7. The Bertz CT molecular complexity index is 632. The Hall–Kier alpha value is -2.16. The molecule has 0 atom stereocenters. The van der Waals surface area contributed by atoms with Gasteiger partial charge >= 0.3 is 0 Å². The number of benzene rings is 1. The summed E-state index contributed by atoms with van der Waals surface area (Å²) < 4.78 is 0. The Morgan fingerprint density at radius 2 is 1.46 bits per heavy atom. The quantitative estimate of drug-likeness (QED) is 0.632. The number of nitrogens with zero attached hydrogens (tertiary/aromatic N) is 2. The van der Waals surface area contributed by atoms with Crippen molar-refractivity contribution in [2.75, 3.05) is 26.2 Å². The summed E-state index contributed by atoms with van der Waals surface area (Å²) in [5.74, 6) is 5.15. The second-order valence-corrected chi connectivity index (χ2v) is 6.12. The van der Waals surface area contributed by atoms with Gasteiger partial charge in [-0.05, 0) is 38.1 Å². The molecule has 0 unspecified atom stereocenters. The smallest absolute Gasteiger partial charge is 0.285 e. The van der Waals surface area contributed by atoms with Gasteiger partial charge in [-0.25, -0.2) is 4.84 Å². The molecule has 1 aromatic carbocycles. The van der Waals surface area contributed by atoms with Crippen LogP contribution in [0.4, 0.5) is 0 Å². The van der Waals surface area contributed by atoms with Crippen LogP contribution < -0.4 is 0 Å². The average molecular weight is 326 g/mol. The number of hydrogen-bond donors (Lipinski definition) is 0. The first-order valence-electron chi connectivity index (χ1n) is 8.56. The Balaban J connectivity index is 1.47. The fourth-order valence-electron chi connectivity index (χ4n) is 3.07. The normalized spacial score (nSPS) is 18.6. The van der Waals surface area contributed by atoms with Gasteiger partial charge in [0.1, 0.15) is 6.61 Å². The third-order valence-corrected chi connectivity index (χ3v) is 4.40. The van der Waals surface area contributed by atoms with Crippen LogP contribution in [0.1, 0.15) is 52.8 Å². The second kappa shape index (κ2) is 8.09. The third-order valence-electron chi connectivity index (χ3n) is 4.40. The predicted molar refractivity (Wildman–Crippen MR) is 90.2 cm³/mol. The van der Waals surface area contributed by atoms with E-state index in [1.54, 1.807) is 24.3 Å². The molecule has 0 aromatic heterocycles. The van der Waals surface area contributed by atoms with Crippen molar-refractivity contribution in [2.45, 2.75) is 32.1 Å². The molecular weight excluding hydrogens is 304 g/mol. The number of rotatable bonds is 3. The molecule has 126 valence electrons. The van der Waals surface area contributed by atoms with Gasteiger partial charge in [0, 0.05) is 0 Å². The predicted octanol–water partition coefficient (Wildman–Crippen LogP) is 2.48. The summed E-state index contributed by atoms with van der Waals surface area (Å²) in [6.07, 6.45) is 6.40. The molecule has 0 saturated carbocycles. The number of likely N-dealkylation sites (tertiary alicyclic amines) is 1. The topological polar surface area (TPSA) is 49.9 Å². The zero-order chi connectivity index (χ0) is 16.8. The lowest BCUT2D eigenvalue weighted by molar-refractivity contribution is -0.0782. The van der Waals surface area contributed by atoms with Crippen molar-refractivity contribution in [3.63, 3.8) is 0 Å². The molecule has 0 spiro atoms. The van der Waals surface area contributed by atoms with Gasteiger partial charge in [0.25, 0.3) is 11.8 Å². The number of fused-ring (bicyclic) bond motifs is 1. The lowest BCUT2D eigenvalue weighted by Crippen LogP contribution is -2.30. The molecule has 0 bridgehead atoms. The Labute approximate surface area is 142 Å². The summed E-state index contributed by atoms with van der Waals surface area (Å²) in [5, 5.41) is 0.815. The maximum atomic E-state index is 12.1. The number of amides is 2. The number of hydroxylamine groups is 2. The SMILES string of the molecule is O=C1c2ccccc2C(=O)N1OCC#CCN1CCCCCCC1. The molecular formula is C19H22N2O3. The molecule has 2 aliphatic rings. The molecule has 2 amide bonds. The third kappa shape index (κ3) is 3.84. The molecule has 0 aliphatic carbocycles. The van der Waals surface area contributed by atoms with Gasteiger partial charge in [-0.2, -0.15) is 0 Å². The van der Waals surface area contributed by atoms with Crippen LogP contribution in [0.5, 0.6) is 0 Å². The summed E-state index contributed by atoms with van der Waals surface area (Å²) in [6.45, 7) is 2.94. The Kier molecular flexibility index (Phi) is 5.63. The van der Waals surface area contributed by atoms with Crippen LogP contribution in [0.25, 0.3) is 0 Å². The van der Waals surface area contributed by atoms with Crippen molar-refractivity contribution in [1.29, 1.82) is 0 Å². The average Bonchev–Trinajstić information content (AvgIpc) is 2.81. The van der Waals surface area contributed by atoms with Crippen molar-refractivity contribution >= 4 is 11.8 Å². The monoisotopic (exact) mass is 326 g/mol. The van der Waals surface area contributed by atoms with Crippen LogP contribution >= 0.6 is 0 Å². The maximum Gasteiger partial charge on any atom is 0.285 e. The van der Waals surface area contributed by atoms with E-state index in [1.807, 2.05) is 0 Å². The molecule has 2 heterocycles. The van der Waals surface area contributed by atoms with E-state index in [1.165, 1.54) is 32.1 Å². The first-order chi connectivity index (χ1) is 11.8. The highest BCUT2D eigenvalue weighted by molar-refractivity contribution is 6.20. The Morgan fingerprint density at radius 3 is 2.08 bits per heavy atom. The van der Waals surface area contributed by atoms with Gasteiger partial charge in [-0.15, -0.1) is 5.06 Å². The van der Waals surface area contributed by atoms with Gasteiger partial charge in [0.15, 0.2) is 0 Å². The van der Waals surface area contributed by atoms with E-state index < -0.39 is 11.8 Å². The van der Waals surface area contributed by atoms with E-state index in [0.29, 0.717) is 17.7 Å².